The molecule has 1 N–H and O–H groups in total. The van der Waals surface area contributed by atoms with E-state index in [1.54, 1.807) is 0 Å². The topological polar surface area (TPSA) is 60.1 Å². The Balaban J connectivity index is 1.49. The molecule has 0 radical (unpaired) electrons. The Bertz CT molecular complexity index is 1070. The number of piperazine rings is 1. The number of anilines is 1. The monoisotopic (exact) mass is 448 g/mol. The lowest BCUT2D eigenvalue weighted by atomic mass is 9.90. The van der Waals surface area contributed by atoms with E-state index in [-0.39, 0.29) is 18.7 Å². The average Bonchev–Trinajstić information content (AvgIpc) is 3.28. The third-order valence-electron chi connectivity index (χ3n) is 7.35. The number of piperidine rings is 1. The summed E-state index contributed by atoms with van der Waals surface area (Å²) in [6.07, 6.45) is 8.26. The molecule has 0 aromatic carbocycles. The number of hydrogen-bond acceptors (Lipinski definition) is 6. The van der Waals surface area contributed by atoms with E-state index in [0.29, 0.717) is 0 Å². The number of rotatable bonds is 6. The zero-order valence-corrected chi connectivity index (χ0v) is 19.9. The number of aryl methyl sites for hydroxylation is 1. The van der Waals surface area contributed by atoms with Crippen LogP contribution in [0.2, 0.25) is 0 Å². The summed E-state index contributed by atoms with van der Waals surface area (Å²) in [5.74, 6) is 1.23. The van der Waals surface area contributed by atoms with Crippen molar-refractivity contribution in [2.45, 2.75) is 44.7 Å². The number of aromatic nitrogens is 3. The summed E-state index contributed by atoms with van der Waals surface area (Å²) in [4.78, 5) is 17.3. The predicted molar refractivity (Wildman–Crippen MR) is 132 cm³/mol. The highest BCUT2D eigenvalue weighted by molar-refractivity contribution is 5.53. The Morgan fingerprint density at radius 2 is 1.85 bits per heavy atom. The van der Waals surface area contributed by atoms with Crippen molar-refractivity contribution in [1.29, 1.82) is 0 Å². The Labute approximate surface area is 196 Å². The number of hydrogen-bond donors (Lipinski definition) is 1. The van der Waals surface area contributed by atoms with Gasteiger partial charge in [0, 0.05) is 51.7 Å². The van der Waals surface area contributed by atoms with Crippen LogP contribution in [-0.2, 0) is 0 Å². The minimum Gasteiger partial charge on any atom is -0.396 e. The minimum atomic E-state index is 0.204. The second-order valence-corrected chi connectivity index (χ2v) is 9.55. The number of likely N-dealkylation sites (N-methyl/N-ethyl adjacent to an activating group) is 1. The Morgan fingerprint density at radius 3 is 2.64 bits per heavy atom. The van der Waals surface area contributed by atoms with Crippen molar-refractivity contribution in [1.82, 2.24) is 24.2 Å². The second kappa shape index (κ2) is 9.79. The van der Waals surface area contributed by atoms with Crippen molar-refractivity contribution >= 4 is 11.5 Å². The van der Waals surface area contributed by atoms with Gasteiger partial charge in [0.2, 0.25) is 0 Å². The molecule has 0 spiro atoms. The van der Waals surface area contributed by atoms with Crippen molar-refractivity contribution in [3.63, 3.8) is 0 Å². The lowest BCUT2D eigenvalue weighted by Crippen LogP contribution is -2.45. The first-order valence-electron chi connectivity index (χ1n) is 12.4. The molecule has 2 fully saturated rings. The van der Waals surface area contributed by atoms with Crippen molar-refractivity contribution in [3.05, 3.63) is 59.7 Å². The molecule has 2 atom stereocenters. The molecule has 3 aromatic heterocycles. The van der Waals surface area contributed by atoms with E-state index in [1.807, 2.05) is 12.3 Å². The van der Waals surface area contributed by atoms with E-state index in [0.717, 1.165) is 69.7 Å². The van der Waals surface area contributed by atoms with E-state index in [4.69, 9.17) is 9.97 Å². The minimum absolute atomic E-state index is 0.204. The summed E-state index contributed by atoms with van der Waals surface area (Å²) in [6.45, 7) is 7.45. The van der Waals surface area contributed by atoms with Gasteiger partial charge in [-0.2, -0.15) is 0 Å². The molecular formula is C26H36N6O. The highest BCUT2D eigenvalue weighted by atomic mass is 16.3. The first kappa shape index (κ1) is 22.3. The lowest BCUT2D eigenvalue weighted by Gasteiger charge is -2.41. The van der Waals surface area contributed by atoms with Crippen molar-refractivity contribution in [2.24, 2.45) is 0 Å². The quantitative estimate of drug-likeness (QED) is 0.623. The number of nitrogens with zero attached hydrogens (tertiary/aromatic N) is 6. The summed E-state index contributed by atoms with van der Waals surface area (Å²) in [5.41, 5.74) is 4.55. The van der Waals surface area contributed by atoms with Crippen LogP contribution in [0.25, 0.3) is 5.65 Å². The number of pyridine rings is 2. The maximum atomic E-state index is 9.61. The van der Waals surface area contributed by atoms with Crippen LogP contribution in [0, 0.1) is 6.92 Å². The summed E-state index contributed by atoms with van der Waals surface area (Å²) in [6, 6.07) is 11.1. The van der Waals surface area contributed by atoms with Crippen LogP contribution in [0.4, 0.5) is 5.82 Å². The van der Waals surface area contributed by atoms with Crippen LogP contribution in [-0.4, -0.2) is 75.7 Å². The van der Waals surface area contributed by atoms with Gasteiger partial charge in [0.1, 0.15) is 11.5 Å². The molecule has 2 aliphatic rings. The van der Waals surface area contributed by atoms with Gasteiger partial charge in [-0.15, -0.1) is 0 Å². The highest BCUT2D eigenvalue weighted by Crippen LogP contribution is 2.41. The van der Waals surface area contributed by atoms with Crippen molar-refractivity contribution in [3.8, 4) is 0 Å². The van der Waals surface area contributed by atoms with Crippen LogP contribution in [0.3, 0.4) is 0 Å². The molecule has 0 amide bonds. The molecule has 0 saturated carbocycles. The molecule has 7 heteroatoms. The number of likely N-dealkylation sites (tertiary alicyclic amines) is 1. The molecule has 5 rings (SSSR count). The molecule has 33 heavy (non-hydrogen) atoms. The van der Waals surface area contributed by atoms with Gasteiger partial charge in [-0.05, 0) is 63.4 Å². The molecule has 3 aromatic rings. The molecule has 2 saturated heterocycles. The smallest absolute Gasteiger partial charge is 0.138 e. The van der Waals surface area contributed by atoms with E-state index in [1.165, 1.54) is 17.1 Å². The normalized spacial score (nSPS) is 22.8. The first-order valence-corrected chi connectivity index (χ1v) is 12.4. The molecule has 7 nitrogen and oxygen atoms in total. The summed E-state index contributed by atoms with van der Waals surface area (Å²) >= 11 is 0. The first-order chi connectivity index (χ1) is 16.2. The van der Waals surface area contributed by atoms with Crippen molar-refractivity contribution < 1.29 is 5.11 Å². The fraction of sp³-hybridized carbons (Fsp3) is 0.538. The summed E-state index contributed by atoms with van der Waals surface area (Å²) < 4.78 is 2.28. The standard InChI is InChI=1S/C26H36N6O/c1-20-7-5-12-27-26(20)23-9-3-8-22(31(23)13-6-18-33)21-19-32-24(28-21)10-4-11-25(32)30-16-14-29(2)15-17-30/h4-5,7,10-12,19,22-23,33H,3,6,8-9,13-18H2,1-2H3. The average molecular weight is 449 g/mol. The van der Waals surface area contributed by atoms with E-state index in [9.17, 15) is 5.11 Å². The van der Waals surface area contributed by atoms with Crippen LogP contribution in [0.15, 0.2) is 42.7 Å². The second-order valence-electron chi connectivity index (χ2n) is 9.55. The zero-order valence-electron chi connectivity index (χ0n) is 19.9. The third kappa shape index (κ3) is 4.50. The van der Waals surface area contributed by atoms with E-state index in [2.05, 4.69) is 63.5 Å². The van der Waals surface area contributed by atoms with Gasteiger partial charge in [-0.3, -0.25) is 14.3 Å². The van der Waals surface area contributed by atoms with Gasteiger partial charge in [-0.1, -0.05) is 12.1 Å². The summed E-state index contributed by atoms with van der Waals surface area (Å²) in [7, 11) is 2.19. The SMILES string of the molecule is Cc1cccnc1C1CCCC(c2cn3c(N4CCN(C)CC4)cccc3n2)N1CCCO. The third-order valence-corrected chi connectivity index (χ3v) is 7.35. The van der Waals surface area contributed by atoms with Crippen LogP contribution >= 0.6 is 0 Å². The Hall–Kier alpha value is -2.48. The van der Waals surface area contributed by atoms with Crippen LogP contribution < -0.4 is 4.90 Å². The van der Waals surface area contributed by atoms with E-state index < -0.39 is 0 Å². The number of aliphatic hydroxyl groups is 1. The maximum Gasteiger partial charge on any atom is 0.138 e. The van der Waals surface area contributed by atoms with E-state index >= 15 is 0 Å². The van der Waals surface area contributed by atoms with Gasteiger partial charge < -0.3 is 14.9 Å². The number of fused-ring (bicyclic) bond motifs is 1. The van der Waals surface area contributed by atoms with Gasteiger partial charge in [0.25, 0.3) is 0 Å². The molecule has 0 bridgehead atoms. The largest absolute Gasteiger partial charge is 0.396 e. The molecular weight excluding hydrogens is 412 g/mol. The Kier molecular flexibility index (Phi) is 6.62. The molecule has 176 valence electrons. The molecule has 2 unspecified atom stereocenters. The van der Waals surface area contributed by atoms with Gasteiger partial charge >= 0.3 is 0 Å². The Morgan fingerprint density at radius 1 is 1.03 bits per heavy atom. The lowest BCUT2D eigenvalue weighted by molar-refractivity contribution is 0.0694. The zero-order chi connectivity index (χ0) is 22.8. The molecule has 5 heterocycles. The fourth-order valence-corrected chi connectivity index (χ4v) is 5.55. The maximum absolute atomic E-state index is 9.61. The summed E-state index contributed by atoms with van der Waals surface area (Å²) in [5, 5.41) is 9.61. The predicted octanol–water partition coefficient (Wildman–Crippen LogP) is 3.44. The van der Waals surface area contributed by atoms with Crippen LogP contribution in [0.1, 0.15) is 54.7 Å². The van der Waals surface area contributed by atoms with Gasteiger partial charge in [0.15, 0.2) is 0 Å². The highest BCUT2D eigenvalue weighted by Gasteiger charge is 2.35. The van der Waals surface area contributed by atoms with Gasteiger partial charge in [0.05, 0.1) is 23.5 Å². The fourth-order valence-electron chi connectivity index (χ4n) is 5.55. The molecule has 2 aliphatic heterocycles. The molecule has 0 aliphatic carbocycles. The number of imidazole rings is 1. The van der Waals surface area contributed by atoms with Gasteiger partial charge in [-0.25, -0.2) is 4.98 Å². The van der Waals surface area contributed by atoms with Crippen LogP contribution in [0.5, 0.6) is 0 Å². The van der Waals surface area contributed by atoms with Crippen molar-refractivity contribution in [2.75, 3.05) is 51.3 Å². The number of aliphatic hydroxyl groups excluding tert-OH is 1.